The van der Waals surface area contributed by atoms with Crippen molar-refractivity contribution in [2.24, 2.45) is 0 Å². The van der Waals surface area contributed by atoms with E-state index in [1.807, 2.05) is 36.4 Å². The smallest absolute Gasteiger partial charge is 0.338 e. The number of carbonyl (C=O) groups excluding carboxylic acids is 2. The van der Waals surface area contributed by atoms with Gasteiger partial charge >= 0.3 is 5.97 Å². The van der Waals surface area contributed by atoms with Gasteiger partial charge in [0.15, 0.2) is 6.61 Å². The Hall–Kier alpha value is -3.43. The molecule has 0 aliphatic rings. The number of fused-ring (bicyclic) bond motifs is 1. The summed E-state index contributed by atoms with van der Waals surface area (Å²) >= 11 is 0. The number of benzene rings is 3. The maximum atomic E-state index is 12.6. The zero-order chi connectivity index (χ0) is 23.3. The number of sulfonamides is 1. The predicted molar refractivity (Wildman–Crippen MR) is 121 cm³/mol. The van der Waals surface area contributed by atoms with Gasteiger partial charge in [0.1, 0.15) is 10.6 Å². The van der Waals surface area contributed by atoms with Gasteiger partial charge in [-0.2, -0.15) is 0 Å². The molecule has 8 nitrogen and oxygen atoms in total. The van der Waals surface area contributed by atoms with Gasteiger partial charge in [-0.3, -0.25) is 4.79 Å². The minimum absolute atomic E-state index is 0.0205. The monoisotopic (exact) mass is 456 g/mol. The van der Waals surface area contributed by atoms with Gasteiger partial charge in [0.05, 0.1) is 12.7 Å². The lowest BCUT2D eigenvalue weighted by atomic mass is 10.1. The van der Waals surface area contributed by atoms with Gasteiger partial charge < -0.3 is 14.8 Å². The van der Waals surface area contributed by atoms with Crippen LogP contribution in [-0.4, -0.2) is 40.1 Å². The van der Waals surface area contributed by atoms with Crippen LogP contribution in [0.15, 0.2) is 65.6 Å². The van der Waals surface area contributed by atoms with Crippen molar-refractivity contribution in [3.63, 3.8) is 0 Å². The number of amides is 1. The van der Waals surface area contributed by atoms with Crippen molar-refractivity contribution in [1.29, 1.82) is 0 Å². The number of esters is 1. The Morgan fingerprint density at radius 3 is 2.44 bits per heavy atom. The van der Waals surface area contributed by atoms with Gasteiger partial charge in [-0.1, -0.05) is 36.4 Å². The van der Waals surface area contributed by atoms with E-state index in [2.05, 4.69) is 10.0 Å². The van der Waals surface area contributed by atoms with Crippen molar-refractivity contribution in [1.82, 2.24) is 4.72 Å². The van der Waals surface area contributed by atoms with Crippen molar-refractivity contribution in [3.05, 3.63) is 66.2 Å². The normalized spacial score (nSPS) is 11.4. The minimum Gasteiger partial charge on any atom is -0.495 e. The summed E-state index contributed by atoms with van der Waals surface area (Å²) in [6.45, 7) is 2.83. The number of ether oxygens (including phenoxy) is 2. The first-order chi connectivity index (χ1) is 15.2. The van der Waals surface area contributed by atoms with E-state index >= 15 is 0 Å². The first kappa shape index (κ1) is 23.2. The van der Waals surface area contributed by atoms with E-state index < -0.39 is 28.5 Å². The van der Waals surface area contributed by atoms with Gasteiger partial charge in [-0.15, -0.1) is 0 Å². The third kappa shape index (κ3) is 5.43. The fourth-order valence-corrected chi connectivity index (χ4v) is 4.57. The zero-order valence-electron chi connectivity index (χ0n) is 17.9. The van der Waals surface area contributed by atoms with Crippen molar-refractivity contribution in [2.45, 2.75) is 24.8 Å². The molecule has 9 heteroatoms. The van der Waals surface area contributed by atoms with Crippen molar-refractivity contribution in [2.75, 3.05) is 19.0 Å². The predicted octanol–water partition coefficient (Wildman–Crippen LogP) is 3.33. The van der Waals surface area contributed by atoms with E-state index in [9.17, 15) is 18.0 Å². The number of hydrogen-bond donors (Lipinski definition) is 2. The van der Waals surface area contributed by atoms with Gasteiger partial charge in [-0.25, -0.2) is 17.9 Å². The lowest BCUT2D eigenvalue weighted by Crippen LogP contribution is -2.30. The Kier molecular flexibility index (Phi) is 7.12. The third-order valence-corrected chi connectivity index (χ3v) is 6.16. The van der Waals surface area contributed by atoms with E-state index in [0.29, 0.717) is 5.69 Å². The Balaban J connectivity index is 1.72. The fourth-order valence-electron chi connectivity index (χ4n) is 3.12. The van der Waals surface area contributed by atoms with Crippen LogP contribution in [-0.2, 0) is 19.6 Å². The summed E-state index contributed by atoms with van der Waals surface area (Å²) in [5, 5.41) is 4.55. The number of nitrogens with one attached hydrogen (secondary N) is 2. The molecule has 0 aliphatic carbocycles. The summed E-state index contributed by atoms with van der Waals surface area (Å²) in [4.78, 5) is 24.6. The summed E-state index contributed by atoms with van der Waals surface area (Å²) in [5.74, 6) is -1.26. The van der Waals surface area contributed by atoms with Crippen LogP contribution in [0.5, 0.6) is 5.75 Å². The molecule has 32 heavy (non-hydrogen) atoms. The van der Waals surface area contributed by atoms with E-state index in [-0.39, 0.29) is 22.3 Å². The molecule has 0 atom stereocenters. The highest BCUT2D eigenvalue weighted by molar-refractivity contribution is 7.89. The van der Waals surface area contributed by atoms with Crippen LogP contribution in [0.4, 0.5) is 5.69 Å². The highest BCUT2D eigenvalue weighted by atomic mass is 32.2. The molecule has 0 bridgehead atoms. The topological polar surface area (TPSA) is 111 Å². The van der Waals surface area contributed by atoms with Crippen LogP contribution in [0, 0.1) is 0 Å². The van der Waals surface area contributed by atoms with Gasteiger partial charge in [0, 0.05) is 17.1 Å². The lowest BCUT2D eigenvalue weighted by molar-refractivity contribution is -0.119. The maximum Gasteiger partial charge on any atom is 0.338 e. The van der Waals surface area contributed by atoms with Gasteiger partial charge in [0.2, 0.25) is 10.0 Å². The quantitative estimate of drug-likeness (QED) is 0.503. The summed E-state index contributed by atoms with van der Waals surface area (Å²) in [6, 6.07) is 16.6. The van der Waals surface area contributed by atoms with Crippen LogP contribution in [0.3, 0.4) is 0 Å². The molecule has 0 saturated carbocycles. The average molecular weight is 457 g/mol. The molecule has 0 unspecified atom stereocenters. The highest BCUT2D eigenvalue weighted by Gasteiger charge is 2.23. The van der Waals surface area contributed by atoms with E-state index in [4.69, 9.17) is 9.47 Å². The largest absolute Gasteiger partial charge is 0.495 e. The van der Waals surface area contributed by atoms with E-state index in [0.717, 1.165) is 16.8 Å². The molecular weight excluding hydrogens is 432 g/mol. The van der Waals surface area contributed by atoms with Crippen LogP contribution >= 0.6 is 0 Å². The SMILES string of the molecule is COc1ccc(C(=O)OCC(=O)Nc2cccc3ccccc23)cc1S(=O)(=O)NC(C)C. The first-order valence-electron chi connectivity index (χ1n) is 9.86. The summed E-state index contributed by atoms with van der Waals surface area (Å²) < 4.78 is 37.8. The molecule has 168 valence electrons. The molecule has 0 heterocycles. The minimum atomic E-state index is -3.91. The fraction of sp³-hybridized carbons (Fsp3) is 0.217. The van der Waals surface area contributed by atoms with Crippen LogP contribution < -0.4 is 14.8 Å². The zero-order valence-corrected chi connectivity index (χ0v) is 18.7. The molecule has 0 spiro atoms. The lowest BCUT2D eigenvalue weighted by Gasteiger charge is -2.14. The number of anilines is 1. The first-order valence-corrected chi connectivity index (χ1v) is 11.3. The maximum absolute atomic E-state index is 12.6. The second kappa shape index (κ2) is 9.80. The molecule has 0 aliphatic heterocycles. The third-order valence-electron chi connectivity index (χ3n) is 4.48. The molecule has 3 aromatic carbocycles. The Morgan fingerprint density at radius 2 is 1.72 bits per heavy atom. The molecule has 1 amide bonds. The van der Waals surface area contributed by atoms with Crippen LogP contribution in [0.25, 0.3) is 10.8 Å². The Labute approximate surface area is 186 Å². The second-order valence-electron chi connectivity index (χ2n) is 7.29. The Bertz CT molecular complexity index is 1250. The number of hydrogen-bond acceptors (Lipinski definition) is 6. The van der Waals surface area contributed by atoms with Crippen molar-refractivity contribution in [3.8, 4) is 5.75 Å². The molecule has 0 saturated heterocycles. The molecular formula is C23H24N2O6S. The molecule has 2 N–H and O–H groups in total. The van der Waals surface area contributed by atoms with Gasteiger partial charge in [0.25, 0.3) is 5.91 Å². The highest BCUT2D eigenvalue weighted by Crippen LogP contribution is 2.26. The second-order valence-corrected chi connectivity index (χ2v) is 8.98. The molecule has 0 radical (unpaired) electrons. The Morgan fingerprint density at radius 1 is 1.00 bits per heavy atom. The van der Waals surface area contributed by atoms with Gasteiger partial charge in [-0.05, 0) is 43.5 Å². The summed E-state index contributed by atoms with van der Waals surface area (Å²) in [5.41, 5.74) is 0.578. The van der Waals surface area contributed by atoms with E-state index in [1.54, 1.807) is 19.9 Å². The van der Waals surface area contributed by atoms with E-state index in [1.165, 1.54) is 19.2 Å². The molecule has 0 fully saturated rings. The van der Waals surface area contributed by atoms with Crippen molar-refractivity contribution >= 4 is 38.4 Å². The number of carbonyl (C=O) groups is 2. The molecule has 3 aromatic rings. The van der Waals surface area contributed by atoms with Crippen molar-refractivity contribution < 1.29 is 27.5 Å². The summed E-state index contributed by atoms with van der Waals surface area (Å²) in [7, 11) is -2.58. The molecule has 3 rings (SSSR count). The number of rotatable bonds is 8. The van der Waals surface area contributed by atoms with Crippen LogP contribution in [0.1, 0.15) is 24.2 Å². The van der Waals surface area contributed by atoms with Crippen LogP contribution in [0.2, 0.25) is 0 Å². The average Bonchev–Trinajstić information content (AvgIpc) is 2.76. The number of methoxy groups -OCH3 is 1. The summed E-state index contributed by atoms with van der Waals surface area (Å²) in [6.07, 6.45) is 0. The molecule has 0 aromatic heterocycles. The standard InChI is InChI=1S/C23H24N2O6S/c1-15(2)25-32(28,29)21-13-17(11-12-20(21)30-3)23(27)31-14-22(26)24-19-10-6-8-16-7-4-5-9-18(16)19/h4-13,15,25H,14H2,1-3H3,(H,24,26).